The lowest BCUT2D eigenvalue weighted by Gasteiger charge is -2.02. The monoisotopic (exact) mass is 243 g/mol. The van der Waals surface area contributed by atoms with Gasteiger partial charge < -0.3 is 10.8 Å². The minimum absolute atomic E-state index is 0.126. The minimum Gasteiger partial charge on any atom is -0.505 e. The fourth-order valence-corrected chi connectivity index (χ4v) is 2.53. The highest BCUT2D eigenvalue weighted by Crippen LogP contribution is 2.38. The van der Waals surface area contributed by atoms with Crippen LogP contribution in [-0.2, 0) is 0 Å². The van der Waals surface area contributed by atoms with Crippen LogP contribution < -0.4 is 5.73 Å². The van der Waals surface area contributed by atoms with E-state index < -0.39 is 0 Å². The number of nitrogen functional groups attached to an aromatic ring is 1. The molecule has 0 aliphatic rings. The molecule has 62 valence electrons. The second kappa shape index (κ2) is 2.64. The molecule has 1 aromatic heterocycles. The summed E-state index contributed by atoms with van der Waals surface area (Å²) >= 11 is 4.83. The van der Waals surface area contributed by atoms with Crippen LogP contribution in [0, 0.1) is 0 Å². The number of nitrogens with two attached hydrogens (primary N) is 1. The first-order valence-corrected chi connectivity index (χ1v) is 5.01. The molecule has 1 heterocycles. The topological polar surface area (TPSA) is 46.2 Å². The van der Waals surface area contributed by atoms with Gasteiger partial charge in [-0.15, -0.1) is 11.3 Å². The first-order valence-electron chi connectivity index (χ1n) is 3.34. The zero-order valence-corrected chi connectivity index (χ0v) is 8.45. The molecular weight excluding hydrogens is 238 g/mol. The van der Waals surface area contributed by atoms with E-state index in [2.05, 4.69) is 15.9 Å². The zero-order chi connectivity index (χ0) is 8.72. The molecule has 0 fully saturated rings. The number of phenolic OH excluding ortho intramolecular Hbond substituents is 1. The van der Waals surface area contributed by atoms with E-state index in [0.29, 0.717) is 10.2 Å². The van der Waals surface area contributed by atoms with Gasteiger partial charge in [-0.2, -0.15) is 0 Å². The molecule has 4 heteroatoms. The molecule has 0 aliphatic heterocycles. The van der Waals surface area contributed by atoms with E-state index in [1.807, 2.05) is 17.5 Å². The molecular formula is C8H6BrNOS. The number of aromatic hydroxyl groups is 1. The van der Waals surface area contributed by atoms with Crippen LogP contribution in [0.5, 0.6) is 5.75 Å². The second-order valence-electron chi connectivity index (χ2n) is 2.45. The molecule has 0 saturated carbocycles. The number of rotatable bonds is 0. The average Bonchev–Trinajstić information content (AvgIpc) is 2.48. The van der Waals surface area contributed by atoms with Crippen molar-refractivity contribution in [2.45, 2.75) is 0 Å². The van der Waals surface area contributed by atoms with Crippen LogP contribution in [0.25, 0.3) is 10.1 Å². The molecule has 1 aromatic carbocycles. The first-order chi connectivity index (χ1) is 5.70. The Kier molecular flexibility index (Phi) is 1.73. The maximum Gasteiger partial charge on any atom is 0.153 e. The predicted molar refractivity (Wildman–Crippen MR) is 55.6 cm³/mol. The molecule has 0 unspecified atom stereocenters. The van der Waals surface area contributed by atoms with Crippen LogP contribution in [0.4, 0.5) is 5.69 Å². The quantitative estimate of drug-likeness (QED) is 0.552. The van der Waals surface area contributed by atoms with Crippen molar-refractivity contribution in [3.05, 3.63) is 22.0 Å². The Morgan fingerprint density at radius 1 is 1.50 bits per heavy atom. The van der Waals surface area contributed by atoms with Gasteiger partial charge in [0.05, 0.1) is 10.2 Å². The van der Waals surface area contributed by atoms with Crippen LogP contribution in [0.3, 0.4) is 0 Å². The van der Waals surface area contributed by atoms with Crippen molar-refractivity contribution in [1.82, 2.24) is 0 Å². The van der Waals surface area contributed by atoms with Gasteiger partial charge in [0.15, 0.2) is 5.75 Å². The van der Waals surface area contributed by atoms with Crippen molar-refractivity contribution in [3.63, 3.8) is 0 Å². The van der Waals surface area contributed by atoms with Crippen LogP contribution in [0.1, 0.15) is 0 Å². The normalized spacial score (nSPS) is 10.8. The molecule has 2 rings (SSSR count). The SMILES string of the molecule is Nc1c(O)c(Br)cc2sccc12. The molecule has 2 nitrogen and oxygen atoms in total. The number of benzene rings is 1. The third-order valence-corrected chi connectivity index (χ3v) is 3.19. The summed E-state index contributed by atoms with van der Waals surface area (Å²) in [6.07, 6.45) is 0. The first kappa shape index (κ1) is 7.89. The van der Waals surface area contributed by atoms with Gasteiger partial charge in [0.2, 0.25) is 0 Å². The summed E-state index contributed by atoms with van der Waals surface area (Å²) in [5.74, 6) is 0.126. The second-order valence-corrected chi connectivity index (χ2v) is 4.26. The summed E-state index contributed by atoms with van der Waals surface area (Å²) in [7, 11) is 0. The van der Waals surface area contributed by atoms with Crippen LogP contribution in [0.2, 0.25) is 0 Å². The fourth-order valence-electron chi connectivity index (χ4n) is 1.09. The van der Waals surface area contributed by atoms with E-state index in [9.17, 15) is 5.11 Å². The highest BCUT2D eigenvalue weighted by atomic mass is 79.9. The molecule has 0 saturated heterocycles. The highest BCUT2D eigenvalue weighted by Gasteiger charge is 2.08. The largest absolute Gasteiger partial charge is 0.505 e. The lowest BCUT2D eigenvalue weighted by molar-refractivity contribution is 0.475. The minimum atomic E-state index is 0.126. The molecule has 0 amide bonds. The number of hydrogen-bond donors (Lipinski definition) is 2. The van der Waals surface area contributed by atoms with E-state index in [0.717, 1.165) is 10.1 Å². The van der Waals surface area contributed by atoms with Gasteiger partial charge >= 0.3 is 0 Å². The van der Waals surface area contributed by atoms with E-state index in [1.54, 1.807) is 11.3 Å². The molecule has 0 atom stereocenters. The maximum absolute atomic E-state index is 9.46. The van der Waals surface area contributed by atoms with Crippen molar-refractivity contribution in [2.75, 3.05) is 5.73 Å². The Hall–Kier alpha value is -0.740. The van der Waals surface area contributed by atoms with Crippen molar-refractivity contribution in [1.29, 1.82) is 0 Å². The summed E-state index contributed by atoms with van der Waals surface area (Å²) in [5, 5.41) is 12.3. The Bertz CT molecular complexity index is 438. The van der Waals surface area contributed by atoms with Gasteiger partial charge in [0.1, 0.15) is 0 Å². The van der Waals surface area contributed by atoms with Gasteiger partial charge in [-0.1, -0.05) is 0 Å². The lowest BCUT2D eigenvalue weighted by atomic mass is 10.2. The Morgan fingerprint density at radius 2 is 2.25 bits per heavy atom. The van der Waals surface area contributed by atoms with Crippen molar-refractivity contribution >= 4 is 43.0 Å². The summed E-state index contributed by atoms with van der Waals surface area (Å²) in [6, 6.07) is 3.77. The van der Waals surface area contributed by atoms with Crippen molar-refractivity contribution in [2.24, 2.45) is 0 Å². The summed E-state index contributed by atoms with van der Waals surface area (Å²) in [6.45, 7) is 0. The van der Waals surface area contributed by atoms with Crippen LogP contribution in [0.15, 0.2) is 22.0 Å². The number of halogens is 1. The average molecular weight is 244 g/mol. The van der Waals surface area contributed by atoms with Crippen LogP contribution in [-0.4, -0.2) is 5.11 Å². The number of phenols is 1. The Morgan fingerprint density at radius 3 is 3.00 bits per heavy atom. The highest BCUT2D eigenvalue weighted by molar-refractivity contribution is 9.10. The van der Waals surface area contributed by atoms with E-state index in [1.165, 1.54) is 0 Å². The molecule has 2 aromatic rings. The van der Waals surface area contributed by atoms with Crippen LogP contribution >= 0.6 is 27.3 Å². The van der Waals surface area contributed by atoms with Crippen molar-refractivity contribution < 1.29 is 5.11 Å². The van der Waals surface area contributed by atoms with Crippen molar-refractivity contribution in [3.8, 4) is 5.75 Å². The molecule has 0 aliphatic carbocycles. The van der Waals surface area contributed by atoms with Gasteiger partial charge in [0.25, 0.3) is 0 Å². The summed E-state index contributed by atoms with van der Waals surface area (Å²) < 4.78 is 1.73. The Balaban J connectivity index is 2.94. The molecule has 0 spiro atoms. The lowest BCUT2D eigenvalue weighted by Crippen LogP contribution is -1.86. The third kappa shape index (κ3) is 0.990. The van der Waals surface area contributed by atoms with Gasteiger partial charge in [0, 0.05) is 10.1 Å². The standard InChI is InChI=1S/C8H6BrNOS/c9-5-3-6-4(1-2-12-6)7(10)8(5)11/h1-3,11H,10H2. The molecule has 0 bridgehead atoms. The fraction of sp³-hybridized carbons (Fsp3) is 0. The van der Waals surface area contributed by atoms with E-state index >= 15 is 0 Å². The number of thiophene rings is 1. The number of anilines is 1. The summed E-state index contributed by atoms with van der Waals surface area (Å²) in [5.41, 5.74) is 6.14. The molecule has 3 N–H and O–H groups in total. The van der Waals surface area contributed by atoms with E-state index in [-0.39, 0.29) is 5.75 Å². The summed E-state index contributed by atoms with van der Waals surface area (Å²) in [4.78, 5) is 0. The predicted octanol–water partition coefficient (Wildman–Crippen LogP) is 2.95. The Labute approximate surface area is 81.8 Å². The number of hydrogen-bond acceptors (Lipinski definition) is 3. The van der Waals surface area contributed by atoms with Gasteiger partial charge in [-0.25, -0.2) is 0 Å². The van der Waals surface area contributed by atoms with Gasteiger partial charge in [-0.3, -0.25) is 0 Å². The third-order valence-electron chi connectivity index (χ3n) is 1.72. The number of fused-ring (bicyclic) bond motifs is 1. The van der Waals surface area contributed by atoms with E-state index in [4.69, 9.17) is 5.73 Å². The molecule has 0 radical (unpaired) electrons. The smallest absolute Gasteiger partial charge is 0.153 e. The maximum atomic E-state index is 9.46. The van der Waals surface area contributed by atoms with Gasteiger partial charge in [-0.05, 0) is 33.4 Å². The zero-order valence-electron chi connectivity index (χ0n) is 6.04. The molecule has 12 heavy (non-hydrogen) atoms.